The van der Waals surface area contributed by atoms with Crippen LogP contribution in [0.4, 0.5) is 0 Å². The van der Waals surface area contributed by atoms with E-state index in [1.807, 2.05) is 0 Å². The van der Waals surface area contributed by atoms with Crippen LogP contribution in [0.15, 0.2) is 0 Å². The van der Waals surface area contributed by atoms with Gasteiger partial charge in [-0.2, -0.15) is 0 Å². The van der Waals surface area contributed by atoms with Crippen LogP contribution in [0.1, 0.15) is 19.8 Å². The van der Waals surface area contributed by atoms with Gasteiger partial charge in [0.25, 0.3) is 0 Å². The van der Waals surface area contributed by atoms with Crippen molar-refractivity contribution in [2.24, 2.45) is 11.1 Å². The van der Waals surface area contributed by atoms with Crippen LogP contribution in [0, 0.1) is 17.3 Å². The van der Waals surface area contributed by atoms with E-state index in [2.05, 4.69) is 18.8 Å². The number of aliphatic hydroxyl groups is 1. The van der Waals surface area contributed by atoms with Crippen LogP contribution in [0.2, 0.25) is 0 Å². The van der Waals surface area contributed by atoms with Crippen molar-refractivity contribution in [1.29, 1.82) is 0 Å². The number of hydrogen-bond acceptors (Lipinski definition) is 2. The van der Waals surface area contributed by atoms with E-state index >= 15 is 0 Å². The van der Waals surface area contributed by atoms with E-state index in [0.29, 0.717) is 0 Å². The highest BCUT2D eigenvalue weighted by molar-refractivity contribution is 5.19. The second kappa shape index (κ2) is 2.61. The highest BCUT2D eigenvalue weighted by atomic mass is 16.3. The van der Waals surface area contributed by atoms with Crippen molar-refractivity contribution in [2.75, 3.05) is 6.54 Å². The predicted molar refractivity (Wildman–Crippen MR) is 40.2 cm³/mol. The molecule has 1 atom stereocenters. The molecule has 0 heterocycles. The fourth-order valence-corrected chi connectivity index (χ4v) is 0.629. The summed E-state index contributed by atoms with van der Waals surface area (Å²) < 4.78 is 0. The Bertz CT molecular complexity index is 173. The van der Waals surface area contributed by atoms with Gasteiger partial charge in [0.15, 0.2) is 0 Å². The topological polar surface area (TPSA) is 46.2 Å². The third-order valence-corrected chi connectivity index (χ3v) is 1.76. The van der Waals surface area contributed by atoms with Crippen molar-refractivity contribution in [3.8, 4) is 11.8 Å². The summed E-state index contributed by atoms with van der Waals surface area (Å²) in [5.74, 6) is 5.72. The van der Waals surface area contributed by atoms with E-state index in [1.54, 1.807) is 0 Å². The lowest BCUT2D eigenvalue weighted by Gasteiger charge is -1.97. The van der Waals surface area contributed by atoms with E-state index < -0.39 is 6.10 Å². The highest BCUT2D eigenvalue weighted by Crippen LogP contribution is 2.43. The van der Waals surface area contributed by atoms with Crippen molar-refractivity contribution in [2.45, 2.75) is 25.9 Å². The number of rotatable bonds is 1. The van der Waals surface area contributed by atoms with Crippen molar-refractivity contribution < 1.29 is 5.11 Å². The van der Waals surface area contributed by atoms with Crippen LogP contribution >= 0.6 is 0 Å². The molecule has 2 heteroatoms. The summed E-state index contributed by atoms with van der Waals surface area (Å²) in [6.07, 6.45) is 1.70. The average molecular weight is 139 g/mol. The standard InChI is InChI=1S/C8H13NO/c1-8(4-5-8)3-2-7(10)6-9/h7,10H,4-6,9H2,1H3. The maximum Gasteiger partial charge on any atom is 0.126 e. The first-order valence-electron chi connectivity index (χ1n) is 3.57. The Morgan fingerprint density at radius 2 is 2.30 bits per heavy atom. The van der Waals surface area contributed by atoms with Crippen molar-refractivity contribution in [3.05, 3.63) is 0 Å². The lowest BCUT2D eigenvalue weighted by atomic mass is 10.1. The van der Waals surface area contributed by atoms with Crippen LogP contribution in [0.5, 0.6) is 0 Å². The summed E-state index contributed by atoms with van der Waals surface area (Å²) in [6.45, 7) is 2.34. The van der Waals surface area contributed by atoms with Gasteiger partial charge in [-0.15, -0.1) is 0 Å². The van der Waals surface area contributed by atoms with Crippen molar-refractivity contribution >= 4 is 0 Å². The third-order valence-electron chi connectivity index (χ3n) is 1.76. The Balaban J connectivity index is 2.38. The Kier molecular flexibility index (Phi) is 1.98. The molecule has 0 radical (unpaired) electrons. The highest BCUT2D eigenvalue weighted by Gasteiger charge is 2.35. The molecule has 1 unspecified atom stereocenters. The van der Waals surface area contributed by atoms with Crippen LogP contribution < -0.4 is 5.73 Å². The van der Waals surface area contributed by atoms with Gasteiger partial charge in [-0.05, 0) is 19.8 Å². The summed E-state index contributed by atoms with van der Waals surface area (Å²) in [6, 6.07) is 0. The maximum atomic E-state index is 8.95. The monoisotopic (exact) mass is 139 g/mol. The Morgan fingerprint density at radius 1 is 1.70 bits per heavy atom. The molecular formula is C8H13NO. The first kappa shape index (κ1) is 7.59. The number of aliphatic hydroxyl groups excluding tert-OH is 1. The van der Waals surface area contributed by atoms with Crippen LogP contribution in [0.25, 0.3) is 0 Å². The largest absolute Gasteiger partial charge is 0.379 e. The molecule has 1 aliphatic carbocycles. The molecule has 0 saturated heterocycles. The molecule has 10 heavy (non-hydrogen) atoms. The van der Waals surface area contributed by atoms with Gasteiger partial charge in [0.1, 0.15) is 6.10 Å². The molecular weight excluding hydrogens is 126 g/mol. The summed E-state index contributed by atoms with van der Waals surface area (Å²) >= 11 is 0. The molecule has 56 valence electrons. The van der Waals surface area contributed by atoms with Gasteiger partial charge in [0.2, 0.25) is 0 Å². The lowest BCUT2D eigenvalue weighted by molar-refractivity contribution is 0.240. The minimum Gasteiger partial charge on any atom is -0.379 e. The van der Waals surface area contributed by atoms with Gasteiger partial charge < -0.3 is 10.8 Å². The molecule has 0 aliphatic heterocycles. The number of hydrogen-bond donors (Lipinski definition) is 2. The smallest absolute Gasteiger partial charge is 0.126 e. The van der Waals surface area contributed by atoms with Gasteiger partial charge in [-0.1, -0.05) is 11.8 Å². The lowest BCUT2D eigenvalue weighted by Crippen LogP contribution is -2.17. The molecule has 0 spiro atoms. The first-order chi connectivity index (χ1) is 4.66. The molecule has 0 bridgehead atoms. The second-order valence-electron chi connectivity index (χ2n) is 3.08. The minimum atomic E-state index is -0.627. The van der Waals surface area contributed by atoms with Gasteiger partial charge in [0, 0.05) is 12.0 Å². The molecule has 0 aromatic heterocycles. The van der Waals surface area contributed by atoms with Crippen LogP contribution in [-0.2, 0) is 0 Å². The van der Waals surface area contributed by atoms with E-state index in [0.717, 1.165) is 12.8 Å². The first-order valence-corrected chi connectivity index (χ1v) is 3.57. The van der Waals surface area contributed by atoms with Gasteiger partial charge in [-0.25, -0.2) is 0 Å². The molecule has 2 nitrogen and oxygen atoms in total. The zero-order chi connectivity index (χ0) is 7.61. The molecule has 1 aliphatic rings. The van der Waals surface area contributed by atoms with E-state index in [4.69, 9.17) is 10.8 Å². The molecule has 0 aromatic rings. The van der Waals surface area contributed by atoms with Gasteiger partial charge in [0.05, 0.1) is 0 Å². The summed E-state index contributed by atoms with van der Waals surface area (Å²) in [4.78, 5) is 0. The predicted octanol–water partition coefficient (Wildman–Crippen LogP) is 0.109. The minimum absolute atomic E-state index is 0.205. The zero-order valence-corrected chi connectivity index (χ0v) is 6.22. The van der Waals surface area contributed by atoms with Gasteiger partial charge >= 0.3 is 0 Å². The van der Waals surface area contributed by atoms with Crippen LogP contribution in [-0.4, -0.2) is 17.8 Å². The molecule has 0 aromatic carbocycles. The van der Waals surface area contributed by atoms with Crippen molar-refractivity contribution in [3.63, 3.8) is 0 Å². The van der Waals surface area contributed by atoms with E-state index in [1.165, 1.54) is 0 Å². The Hall–Kier alpha value is -0.520. The molecule has 0 amide bonds. The van der Waals surface area contributed by atoms with Gasteiger partial charge in [-0.3, -0.25) is 0 Å². The Morgan fingerprint density at radius 3 is 2.70 bits per heavy atom. The van der Waals surface area contributed by atoms with E-state index in [-0.39, 0.29) is 12.0 Å². The summed E-state index contributed by atoms with van der Waals surface area (Å²) in [7, 11) is 0. The quantitative estimate of drug-likeness (QED) is 0.506. The molecule has 1 rings (SSSR count). The second-order valence-corrected chi connectivity index (χ2v) is 3.08. The van der Waals surface area contributed by atoms with Crippen molar-refractivity contribution in [1.82, 2.24) is 0 Å². The fraction of sp³-hybridized carbons (Fsp3) is 0.750. The number of nitrogens with two attached hydrogens (primary N) is 1. The normalized spacial score (nSPS) is 22.7. The maximum absolute atomic E-state index is 8.95. The average Bonchev–Trinajstić information content (AvgIpc) is 2.64. The third kappa shape index (κ3) is 2.02. The molecule has 3 N–H and O–H groups in total. The zero-order valence-electron chi connectivity index (χ0n) is 6.22. The van der Waals surface area contributed by atoms with Crippen LogP contribution in [0.3, 0.4) is 0 Å². The Labute approximate surface area is 61.4 Å². The SMILES string of the molecule is CC1(C#CC(O)CN)CC1. The fourth-order valence-electron chi connectivity index (χ4n) is 0.629. The van der Waals surface area contributed by atoms with E-state index in [9.17, 15) is 0 Å². The molecule has 1 fully saturated rings. The molecule has 1 saturated carbocycles. The summed E-state index contributed by atoms with van der Waals surface area (Å²) in [5, 5.41) is 8.95. The summed E-state index contributed by atoms with van der Waals surface area (Å²) in [5.41, 5.74) is 5.37.